The predicted molar refractivity (Wildman–Crippen MR) is 131 cm³/mol. The second-order valence-electron chi connectivity index (χ2n) is 11.4. The molecule has 2 saturated heterocycles. The molecule has 34 heavy (non-hydrogen) atoms. The molecule has 5 N–H and O–H groups in total. The lowest BCUT2D eigenvalue weighted by Gasteiger charge is -2.55. The first kappa shape index (κ1) is 25.2. The minimum atomic E-state index is -1.00. The Kier molecular flexibility index (Phi) is 8.03. The van der Waals surface area contributed by atoms with Crippen molar-refractivity contribution in [2.45, 2.75) is 81.2 Å². The van der Waals surface area contributed by atoms with Gasteiger partial charge in [0.2, 0.25) is 5.91 Å². The van der Waals surface area contributed by atoms with E-state index in [9.17, 15) is 9.90 Å². The molecule has 2 aliphatic heterocycles. The molecule has 2 heterocycles. The van der Waals surface area contributed by atoms with Crippen molar-refractivity contribution in [2.24, 2.45) is 35.3 Å². The van der Waals surface area contributed by atoms with Crippen LogP contribution >= 0.6 is 11.6 Å². The molecular weight excluding hydrogens is 457 g/mol. The van der Waals surface area contributed by atoms with E-state index < -0.39 is 6.17 Å². The molecule has 0 spiro atoms. The summed E-state index contributed by atoms with van der Waals surface area (Å²) in [5.41, 5.74) is 5.55. The fraction of sp³-hybridized carbons (Fsp3) is 0.960. The van der Waals surface area contributed by atoms with Crippen molar-refractivity contribution in [1.29, 1.82) is 0 Å². The number of amides is 1. The maximum Gasteiger partial charge on any atom is 0.223 e. The molecule has 10 atom stereocenters. The number of rotatable bonds is 4. The maximum atomic E-state index is 16.4. The van der Waals surface area contributed by atoms with Crippen LogP contribution < -0.4 is 16.4 Å². The van der Waals surface area contributed by atoms with Crippen LogP contribution in [0, 0.1) is 29.6 Å². The molecule has 10 unspecified atom stereocenters. The molecule has 3 aliphatic carbocycles. The average molecular weight is 500 g/mol. The number of aliphatic hydroxyl groups is 1. The van der Waals surface area contributed by atoms with E-state index in [0.29, 0.717) is 51.0 Å². The van der Waals surface area contributed by atoms with Gasteiger partial charge in [0.1, 0.15) is 6.17 Å². The van der Waals surface area contributed by atoms with Crippen molar-refractivity contribution in [2.75, 3.05) is 39.4 Å². The molecule has 1 amide bonds. The smallest absolute Gasteiger partial charge is 0.223 e. The third-order valence-electron chi connectivity index (χ3n) is 9.69. The highest BCUT2D eigenvalue weighted by Gasteiger charge is 2.55. The zero-order valence-corrected chi connectivity index (χ0v) is 21.0. The lowest BCUT2D eigenvalue weighted by atomic mass is 9.57. The van der Waals surface area contributed by atoms with Gasteiger partial charge in [0, 0.05) is 69.1 Å². The van der Waals surface area contributed by atoms with Gasteiger partial charge >= 0.3 is 0 Å². The van der Waals surface area contributed by atoms with E-state index in [4.69, 9.17) is 17.3 Å². The summed E-state index contributed by atoms with van der Waals surface area (Å²) in [6, 6.07) is -0.218. The topological polar surface area (TPSA) is 93.9 Å². The highest BCUT2D eigenvalue weighted by molar-refractivity contribution is 6.21. The fourth-order valence-electron chi connectivity index (χ4n) is 8.17. The Bertz CT molecular complexity index is 711. The van der Waals surface area contributed by atoms with Gasteiger partial charge < -0.3 is 15.7 Å². The lowest BCUT2D eigenvalue weighted by molar-refractivity contribution is -0.134. The summed E-state index contributed by atoms with van der Waals surface area (Å²) < 4.78 is 16.4. The molecule has 5 aliphatic rings. The zero-order valence-electron chi connectivity index (χ0n) is 20.3. The number of fused-ring (bicyclic) bond motifs is 2. The number of hydrogen-bond donors (Lipinski definition) is 4. The van der Waals surface area contributed by atoms with Crippen molar-refractivity contribution in [3.8, 4) is 0 Å². The highest BCUT2D eigenvalue weighted by Crippen LogP contribution is 2.52. The average Bonchev–Trinajstić information content (AvgIpc) is 2.84. The minimum absolute atomic E-state index is 0.0674. The van der Waals surface area contributed by atoms with Crippen LogP contribution in [-0.4, -0.2) is 90.1 Å². The summed E-state index contributed by atoms with van der Waals surface area (Å²) in [6.45, 7) is 3.91. The normalized spacial score (nSPS) is 45.9. The van der Waals surface area contributed by atoms with Crippen molar-refractivity contribution < 1.29 is 14.3 Å². The molecule has 5 fully saturated rings. The third kappa shape index (κ3) is 4.88. The Labute approximate surface area is 208 Å². The largest absolute Gasteiger partial charge is 0.393 e. The van der Waals surface area contributed by atoms with Crippen LogP contribution in [-0.2, 0) is 4.79 Å². The summed E-state index contributed by atoms with van der Waals surface area (Å²) in [4.78, 5) is 16.5. The molecular formula is C25H43ClFN5O2. The summed E-state index contributed by atoms with van der Waals surface area (Å²) >= 11 is 7.05. The number of carbonyl (C=O) groups excluding carboxylic acids is 1. The number of nitrogens with zero attached hydrogens (tertiary/aromatic N) is 2. The number of carbonyl (C=O) groups is 1. The number of halogens is 2. The molecule has 7 nitrogen and oxygen atoms in total. The van der Waals surface area contributed by atoms with Crippen LogP contribution in [0.1, 0.15) is 51.4 Å². The number of nitrogens with one attached hydrogen (secondary N) is 2. The Morgan fingerprint density at radius 3 is 2.56 bits per heavy atom. The second kappa shape index (κ2) is 10.9. The quantitative estimate of drug-likeness (QED) is 0.438. The lowest BCUT2D eigenvalue weighted by Crippen LogP contribution is -2.71. The molecule has 3 saturated carbocycles. The van der Waals surface area contributed by atoms with Gasteiger partial charge in [0.05, 0.1) is 12.3 Å². The van der Waals surface area contributed by atoms with Crippen molar-refractivity contribution in [3.63, 3.8) is 0 Å². The van der Waals surface area contributed by atoms with Gasteiger partial charge in [0.15, 0.2) is 0 Å². The molecule has 194 valence electrons. The fourth-order valence-corrected chi connectivity index (χ4v) is 8.70. The number of piperazine rings is 1. The number of alkyl halides is 2. The monoisotopic (exact) mass is 499 g/mol. The van der Waals surface area contributed by atoms with Crippen LogP contribution in [0.3, 0.4) is 0 Å². The van der Waals surface area contributed by atoms with Crippen LogP contribution in [0.25, 0.3) is 0 Å². The van der Waals surface area contributed by atoms with E-state index in [1.807, 2.05) is 4.90 Å². The van der Waals surface area contributed by atoms with Gasteiger partial charge in [-0.3, -0.25) is 20.3 Å². The summed E-state index contributed by atoms with van der Waals surface area (Å²) in [5.74, 6) is 1.24. The Hall–Kier alpha value is -0.510. The molecule has 0 aromatic rings. The number of nitrogens with two attached hydrogens (primary N) is 1. The van der Waals surface area contributed by atoms with Crippen molar-refractivity contribution in [1.82, 2.24) is 20.4 Å². The van der Waals surface area contributed by atoms with E-state index >= 15 is 4.39 Å². The van der Waals surface area contributed by atoms with Crippen molar-refractivity contribution >= 4 is 17.5 Å². The van der Waals surface area contributed by atoms with Gasteiger partial charge in [0.25, 0.3) is 0 Å². The standard InChI is InChI=1S/C25H43ClFN5O2/c26-20-13-19-24(23(27)22(20)18-12-16(33)11-15-3-1-2-4-17(15)18)29-14-30-25(19)32-9-7-31(8-10-32)21(34)5-6-28/h15-20,22-25,29-30,33H,1-14,28H2. The van der Waals surface area contributed by atoms with Crippen molar-refractivity contribution in [3.05, 3.63) is 0 Å². The van der Waals surface area contributed by atoms with E-state index in [0.717, 1.165) is 32.4 Å². The zero-order chi connectivity index (χ0) is 23.8. The first-order valence-corrected chi connectivity index (χ1v) is 14.1. The SMILES string of the molecule is NCCC(=O)N1CCN(C2NCNC3C(F)C(C4CC(O)CC5CCCCC54)C(Cl)CC32)CC1. The minimum Gasteiger partial charge on any atom is -0.393 e. The van der Waals surface area contributed by atoms with Gasteiger partial charge in [-0.05, 0) is 43.4 Å². The predicted octanol–water partition coefficient (Wildman–Crippen LogP) is 1.48. The van der Waals surface area contributed by atoms with Gasteiger partial charge in [-0.15, -0.1) is 11.6 Å². The van der Waals surface area contributed by atoms with E-state index in [1.165, 1.54) is 19.3 Å². The number of hydrogen-bond acceptors (Lipinski definition) is 6. The van der Waals surface area contributed by atoms with Crippen LogP contribution in [0.2, 0.25) is 0 Å². The molecule has 5 rings (SSSR count). The summed E-state index contributed by atoms with van der Waals surface area (Å²) in [5, 5.41) is 17.4. The van der Waals surface area contributed by atoms with Crippen LogP contribution in [0.15, 0.2) is 0 Å². The first-order chi connectivity index (χ1) is 16.5. The Morgan fingerprint density at radius 2 is 1.79 bits per heavy atom. The molecule has 0 bridgehead atoms. The highest BCUT2D eigenvalue weighted by atomic mass is 35.5. The molecule has 9 heteroatoms. The van der Waals surface area contributed by atoms with Gasteiger partial charge in [-0.25, -0.2) is 4.39 Å². The third-order valence-corrected chi connectivity index (χ3v) is 10.2. The summed E-state index contributed by atoms with van der Waals surface area (Å²) in [6.07, 6.45) is 6.30. The first-order valence-electron chi connectivity index (χ1n) is 13.6. The van der Waals surface area contributed by atoms with E-state index in [1.54, 1.807) is 0 Å². The number of aliphatic hydroxyl groups excluding tert-OH is 1. The van der Waals surface area contributed by atoms with Crippen LogP contribution in [0.5, 0.6) is 0 Å². The maximum absolute atomic E-state index is 16.4. The van der Waals surface area contributed by atoms with E-state index in [2.05, 4.69) is 15.5 Å². The van der Waals surface area contributed by atoms with Gasteiger partial charge in [-0.1, -0.05) is 19.3 Å². The Balaban J connectivity index is 1.27. The molecule has 0 radical (unpaired) electrons. The van der Waals surface area contributed by atoms with Gasteiger partial charge in [-0.2, -0.15) is 0 Å². The van der Waals surface area contributed by atoms with E-state index in [-0.39, 0.29) is 47.3 Å². The van der Waals surface area contributed by atoms with Crippen LogP contribution in [0.4, 0.5) is 4.39 Å². The summed E-state index contributed by atoms with van der Waals surface area (Å²) in [7, 11) is 0. The molecule has 0 aromatic carbocycles. The Morgan fingerprint density at radius 1 is 1.03 bits per heavy atom. The molecule has 0 aromatic heterocycles. The second-order valence-corrected chi connectivity index (χ2v) is 12.0.